The topological polar surface area (TPSA) is 57.4 Å². The molecule has 0 aliphatic carbocycles. The number of para-hydroxylation sites is 3. The largest absolute Gasteiger partial charge is 0.417 e. The van der Waals surface area contributed by atoms with Crippen molar-refractivity contribution in [2.75, 3.05) is 0 Å². The standard InChI is InChI=1S/C51H29F3N4/c52-51(53,54)44-27-33(31-56)18-22-37(44)42-26-32(30-55)19-23-49(42)58-47-17-9-6-14-40(47)43-29-36(21-25-50(43)58)35-20-24-48(41(28-35)34-10-2-1-3-11-34)57-45-15-7-4-12-38(45)39-13-5-8-16-46(39)57/h1-29H. The molecule has 0 bridgehead atoms. The molecule has 0 saturated carbocycles. The molecule has 0 saturated heterocycles. The van der Waals surface area contributed by atoms with Crippen LogP contribution >= 0.6 is 0 Å². The van der Waals surface area contributed by atoms with Gasteiger partial charge < -0.3 is 9.13 Å². The second kappa shape index (κ2) is 13.4. The summed E-state index contributed by atoms with van der Waals surface area (Å²) in [7, 11) is 0. The number of hydrogen-bond acceptors (Lipinski definition) is 2. The monoisotopic (exact) mass is 754 g/mol. The molecule has 0 unspecified atom stereocenters. The highest BCUT2D eigenvalue weighted by atomic mass is 19.4. The predicted octanol–water partition coefficient (Wildman–Crippen LogP) is 13.6. The number of fused-ring (bicyclic) bond motifs is 6. The molecule has 0 N–H and O–H groups in total. The lowest BCUT2D eigenvalue weighted by Gasteiger charge is -2.19. The number of hydrogen-bond donors (Lipinski definition) is 0. The molecule has 274 valence electrons. The van der Waals surface area contributed by atoms with Gasteiger partial charge in [0.15, 0.2) is 0 Å². The fourth-order valence-corrected chi connectivity index (χ4v) is 8.45. The zero-order valence-electron chi connectivity index (χ0n) is 30.7. The van der Waals surface area contributed by atoms with Crippen molar-refractivity contribution in [2.45, 2.75) is 6.18 Å². The van der Waals surface area contributed by atoms with Gasteiger partial charge in [-0.15, -0.1) is 0 Å². The van der Waals surface area contributed by atoms with Crippen LogP contribution in [-0.2, 0) is 6.18 Å². The summed E-state index contributed by atoms with van der Waals surface area (Å²) in [5.41, 5.74) is 8.80. The summed E-state index contributed by atoms with van der Waals surface area (Å²) in [5, 5.41) is 23.5. The highest BCUT2D eigenvalue weighted by molar-refractivity contribution is 6.12. The first-order valence-electron chi connectivity index (χ1n) is 18.7. The molecular weight excluding hydrogens is 726 g/mol. The van der Waals surface area contributed by atoms with Crippen LogP contribution in [0.15, 0.2) is 176 Å². The van der Waals surface area contributed by atoms with E-state index in [-0.39, 0.29) is 22.3 Å². The average molecular weight is 755 g/mol. The Kier molecular flexibility index (Phi) is 8.00. The molecule has 0 atom stereocenters. The fourth-order valence-electron chi connectivity index (χ4n) is 8.45. The van der Waals surface area contributed by atoms with Crippen molar-refractivity contribution in [3.05, 3.63) is 193 Å². The summed E-state index contributed by atoms with van der Waals surface area (Å²) < 4.78 is 48.1. The third-order valence-electron chi connectivity index (χ3n) is 11.0. The van der Waals surface area contributed by atoms with E-state index in [1.807, 2.05) is 65.2 Å². The molecule has 0 fully saturated rings. The van der Waals surface area contributed by atoms with Crippen LogP contribution in [0.4, 0.5) is 13.2 Å². The van der Waals surface area contributed by atoms with Gasteiger partial charge in [0.1, 0.15) is 0 Å². The lowest BCUT2D eigenvalue weighted by atomic mass is 9.94. The van der Waals surface area contributed by atoms with Crippen LogP contribution in [0.25, 0.3) is 88.4 Å². The van der Waals surface area contributed by atoms with Crippen molar-refractivity contribution < 1.29 is 13.2 Å². The van der Waals surface area contributed by atoms with Crippen molar-refractivity contribution in [3.8, 4) is 56.9 Å². The molecule has 10 rings (SSSR count). The summed E-state index contributed by atoms with van der Waals surface area (Å²) in [6.07, 6.45) is -4.74. The normalized spacial score (nSPS) is 11.7. The highest BCUT2D eigenvalue weighted by Crippen LogP contribution is 2.44. The Bertz CT molecular complexity index is 3300. The van der Waals surface area contributed by atoms with E-state index < -0.39 is 11.7 Å². The van der Waals surface area contributed by atoms with Gasteiger partial charge in [-0.05, 0) is 95.1 Å². The van der Waals surface area contributed by atoms with Gasteiger partial charge in [-0.2, -0.15) is 23.7 Å². The SMILES string of the molecule is N#Cc1ccc(-n2c3ccccc3c3cc(-c4ccc(-n5c6ccccc6c6ccccc65)c(-c5ccccc5)c4)ccc32)c(-c2ccc(C#N)cc2C(F)(F)F)c1. The first-order valence-corrected chi connectivity index (χ1v) is 18.7. The molecule has 4 nitrogen and oxygen atoms in total. The molecule has 58 heavy (non-hydrogen) atoms. The van der Waals surface area contributed by atoms with E-state index in [0.29, 0.717) is 5.69 Å². The van der Waals surface area contributed by atoms with Gasteiger partial charge in [-0.1, -0.05) is 103 Å². The van der Waals surface area contributed by atoms with E-state index in [4.69, 9.17) is 0 Å². The maximum Gasteiger partial charge on any atom is 0.417 e. The molecule has 0 amide bonds. The molecule has 2 aromatic heterocycles. The number of nitrogens with zero attached hydrogens (tertiary/aromatic N) is 4. The highest BCUT2D eigenvalue weighted by Gasteiger charge is 2.35. The Morgan fingerprint density at radius 1 is 0.379 bits per heavy atom. The van der Waals surface area contributed by atoms with E-state index in [0.717, 1.165) is 66.8 Å². The Morgan fingerprint density at radius 2 is 0.862 bits per heavy atom. The second-order valence-corrected chi connectivity index (χ2v) is 14.3. The lowest BCUT2D eigenvalue weighted by Crippen LogP contribution is -2.09. The van der Waals surface area contributed by atoms with E-state index in [1.165, 1.54) is 29.0 Å². The van der Waals surface area contributed by atoms with Gasteiger partial charge in [0.25, 0.3) is 0 Å². The smallest absolute Gasteiger partial charge is 0.309 e. The van der Waals surface area contributed by atoms with Crippen molar-refractivity contribution >= 4 is 43.6 Å². The summed E-state index contributed by atoms with van der Waals surface area (Å²) >= 11 is 0. The third kappa shape index (κ3) is 5.52. The molecular formula is C51H29F3N4. The van der Waals surface area contributed by atoms with Crippen molar-refractivity contribution in [1.29, 1.82) is 10.5 Å². The summed E-state index contributed by atoms with van der Waals surface area (Å²) in [5.74, 6) is 0. The van der Waals surface area contributed by atoms with Gasteiger partial charge in [0.2, 0.25) is 0 Å². The van der Waals surface area contributed by atoms with Crippen LogP contribution in [0.1, 0.15) is 16.7 Å². The first kappa shape index (κ1) is 34.6. The van der Waals surface area contributed by atoms with E-state index in [2.05, 4.69) is 95.6 Å². The average Bonchev–Trinajstić information content (AvgIpc) is 3.78. The molecule has 0 radical (unpaired) electrons. The maximum atomic E-state index is 14.6. The van der Waals surface area contributed by atoms with Crippen molar-refractivity contribution in [1.82, 2.24) is 9.13 Å². The van der Waals surface area contributed by atoms with Gasteiger partial charge in [-0.3, -0.25) is 0 Å². The molecule has 7 heteroatoms. The maximum absolute atomic E-state index is 14.6. The number of benzene rings is 8. The number of halogens is 3. The Balaban J connectivity index is 1.19. The van der Waals surface area contributed by atoms with Crippen LogP contribution in [0.5, 0.6) is 0 Å². The zero-order chi connectivity index (χ0) is 39.5. The zero-order valence-corrected chi connectivity index (χ0v) is 30.7. The quantitative estimate of drug-likeness (QED) is 0.176. The van der Waals surface area contributed by atoms with Crippen molar-refractivity contribution in [3.63, 3.8) is 0 Å². The van der Waals surface area contributed by atoms with Gasteiger partial charge in [0, 0.05) is 32.7 Å². The van der Waals surface area contributed by atoms with E-state index in [9.17, 15) is 23.7 Å². The van der Waals surface area contributed by atoms with Crippen LogP contribution in [0, 0.1) is 22.7 Å². The number of nitriles is 2. The van der Waals surface area contributed by atoms with Crippen LogP contribution in [0.3, 0.4) is 0 Å². The number of rotatable bonds is 5. The third-order valence-corrected chi connectivity index (χ3v) is 11.0. The number of aromatic nitrogens is 2. The second-order valence-electron chi connectivity index (χ2n) is 14.3. The van der Waals surface area contributed by atoms with E-state index in [1.54, 1.807) is 12.1 Å². The molecule has 2 heterocycles. The minimum atomic E-state index is -4.74. The minimum Gasteiger partial charge on any atom is -0.309 e. The number of alkyl halides is 3. The molecule has 8 aromatic carbocycles. The first-order chi connectivity index (χ1) is 28.3. The minimum absolute atomic E-state index is 0.100. The van der Waals surface area contributed by atoms with Crippen molar-refractivity contribution in [2.24, 2.45) is 0 Å². The molecule has 0 spiro atoms. The lowest BCUT2D eigenvalue weighted by molar-refractivity contribution is -0.137. The Hall–Kier alpha value is -7.87. The van der Waals surface area contributed by atoms with Gasteiger partial charge in [0.05, 0.1) is 62.3 Å². The Labute approximate surface area is 331 Å². The fraction of sp³-hybridized carbons (Fsp3) is 0.0196. The van der Waals surface area contributed by atoms with Crippen LogP contribution in [-0.4, -0.2) is 9.13 Å². The van der Waals surface area contributed by atoms with E-state index >= 15 is 0 Å². The molecule has 0 aliphatic heterocycles. The summed E-state index contributed by atoms with van der Waals surface area (Å²) in [6.45, 7) is 0. The van der Waals surface area contributed by atoms with Crippen LogP contribution in [0.2, 0.25) is 0 Å². The molecule has 0 aliphatic rings. The van der Waals surface area contributed by atoms with Crippen LogP contribution < -0.4 is 0 Å². The van der Waals surface area contributed by atoms with Gasteiger partial charge >= 0.3 is 6.18 Å². The van der Waals surface area contributed by atoms with Gasteiger partial charge in [-0.25, -0.2) is 0 Å². The Morgan fingerprint density at radius 3 is 1.48 bits per heavy atom. The predicted molar refractivity (Wildman–Crippen MR) is 226 cm³/mol. The molecule has 10 aromatic rings. The summed E-state index contributed by atoms with van der Waals surface area (Å²) in [4.78, 5) is 0. The summed E-state index contributed by atoms with van der Waals surface area (Å²) in [6, 6.07) is 60.2.